The van der Waals surface area contributed by atoms with Crippen LogP contribution in [0.25, 0.3) is 0 Å². The summed E-state index contributed by atoms with van der Waals surface area (Å²) in [5.74, 6) is -3.72. The fourth-order valence-corrected chi connectivity index (χ4v) is 5.98. The molecule has 5 rings (SSSR count). The molecule has 1 aliphatic carbocycles. The first-order valence-electron chi connectivity index (χ1n) is 12.8. The molecule has 3 aromatic carbocycles. The number of fused-ring (bicyclic) bond motifs is 1. The highest BCUT2D eigenvalue weighted by Crippen LogP contribution is 2.36. The van der Waals surface area contributed by atoms with Crippen LogP contribution < -0.4 is 4.18 Å². The summed E-state index contributed by atoms with van der Waals surface area (Å²) in [6.07, 6.45) is 4.37. The van der Waals surface area contributed by atoms with Crippen molar-refractivity contribution >= 4 is 45.2 Å². The zero-order valence-corrected chi connectivity index (χ0v) is 23.5. The van der Waals surface area contributed by atoms with Crippen molar-refractivity contribution in [3.63, 3.8) is 0 Å². The number of carbonyl (C=O) groups is 4. The van der Waals surface area contributed by atoms with E-state index < -0.39 is 52.0 Å². The molecule has 0 N–H and O–H groups in total. The fraction of sp³-hybridized carbons (Fsp3) is 0.200. The second-order valence-electron chi connectivity index (χ2n) is 9.78. The van der Waals surface area contributed by atoms with Gasteiger partial charge in [-0.3, -0.25) is 19.2 Å². The molecule has 2 atom stereocenters. The molecular weight excluding hydrogens is 568 g/mol. The Bertz CT molecular complexity index is 1640. The highest BCUT2D eigenvalue weighted by molar-refractivity contribution is 7.87. The number of ketones is 1. The van der Waals surface area contributed by atoms with Gasteiger partial charge in [0, 0.05) is 5.56 Å². The summed E-state index contributed by atoms with van der Waals surface area (Å²) in [6, 6.07) is 17.6. The van der Waals surface area contributed by atoms with Crippen molar-refractivity contribution in [3.05, 3.63) is 107 Å². The molecule has 0 aromatic heterocycles. The van der Waals surface area contributed by atoms with E-state index in [2.05, 4.69) is 0 Å². The molecule has 3 amide bonds. The van der Waals surface area contributed by atoms with Crippen LogP contribution >= 0.6 is 11.6 Å². The molecule has 2 aliphatic rings. The Morgan fingerprint density at radius 3 is 2.07 bits per heavy atom. The highest BCUT2D eigenvalue weighted by atomic mass is 35.5. The summed E-state index contributed by atoms with van der Waals surface area (Å²) >= 11 is 6.25. The van der Waals surface area contributed by atoms with Gasteiger partial charge in [-0.15, -0.1) is 0 Å². The average molecular weight is 593 g/mol. The Morgan fingerprint density at radius 2 is 1.49 bits per heavy atom. The van der Waals surface area contributed by atoms with Crippen LogP contribution in [0.1, 0.15) is 39.1 Å². The fourth-order valence-electron chi connectivity index (χ4n) is 4.83. The van der Waals surface area contributed by atoms with Crippen LogP contribution in [0, 0.1) is 18.8 Å². The van der Waals surface area contributed by atoms with Crippen molar-refractivity contribution in [3.8, 4) is 5.75 Å². The number of halogens is 1. The van der Waals surface area contributed by atoms with Gasteiger partial charge in [0.1, 0.15) is 17.2 Å². The van der Waals surface area contributed by atoms with Crippen LogP contribution in [-0.4, -0.2) is 48.5 Å². The lowest BCUT2D eigenvalue weighted by atomic mass is 9.85. The Labute approximate surface area is 242 Å². The van der Waals surface area contributed by atoms with Gasteiger partial charge in [-0.05, 0) is 68.3 Å². The molecule has 0 saturated carbocycles. The molecular formula is C30H25ClN2O7S. The lowest BCUT2D eigenvalue weighted by Gasteiger charge is -2.30. The highest BCUT2D eigenvalue weighted by Gasteiger charge is 2.51. The number of carbonyl (C=O) groups excluding carboxylic acids is 4. The van der Waals surface area contributed by atoms with Gasteiger partial charge in [0.2, 0.25) is 0 Å². The minimum atomic E-state index is -4.10. The van der Waals surface area contributed by atoms with Gasteiger partial charge in [-0.1, -0.05) is 53.6 Å². The molecule has 0 spiro atoms. The van der Waals surface area contributed by atoms with Crippen LogP contribution in [0.15, 0.2) is 89.8 Å². The first-order valence-corrected chi connectivity index (χ1v) is 14.6. The maximum atomic E-state index is 13.6. The van der Waals surface area contributed by atoms with Crippen LogP contribution in [0.2, 0.25) is 5.02 Å². The Balaban J connectivity index is 1.39. The molecule has 1 fully saturated rings. The van der Waals surface area contributed by atoms with Gasteiger partial charge in [-0.25, -0.2) is 5.01 Å². The summed E-state index contributed by atoms with van der Waals surface area (Å²) in [5.41, 5.74) is 1.03. The average Bonchev–Trinajstić information content (AvgIpc) is 3.21. The van der Waals surface area contributed by atoms with E-state index >= 15 is 0 Å². The van der Waals surface area contributed by atoms with E-state index in [0.29, 0.717) is 12.8 Å². The van der Waals surface area contributed by atoms with E-state index in [9.17, 15) is 27.6 Å². The summed E-state index contributed by atoms with van der Waals surface area (Å²) in [6.45, 7) is 1.20. The van der Waals surface area contributed by atoms with E-state index in [4.69, 9.17) is 15.8 Å². The number of nitrogens with zero attached hydrogens (tertiary/aromatic N) is 2. The Hall–Kier alpha value is -4.28. The Kier molecular flexibility index (Phi) is 7.79. The van der Waals surface area contributed by atoms with Gasteiger partial charge >= 0.3 is 10.1 Å². The van der Waals surface area contributed by atoms with E-state index in [1.165, 1.54) is 48.5 Å². The smallest absolute Gasteiger partial charge is 0.339 e. The molecule has 0 radical (unpaired) electrons. The van der Waals surface area contributed by atoms with Crippen molar-refractivity contribution in [2.75, 3.05) is 6.54 Å². The molecule has 1 heterocycles. The van der Waals surface area contributed by atoms with Gasteiger partial charge < -0.3 is 4.18 Å². The van der Waals surface area contributed by atoms with Crippen LogP contribution in [-0.2, 0) is 19.7 Å². The molecule has 3 aromatic rings. The predicted octanol–water partition coefficient (Wildman–Crippen LogP) is 4.61. The van der Waals surface area contributed by atoms with Gasteiger partial charge in [-0.2, -0.15) is 13.4 Å². The first kappa shape index (κ1) is 28.3. The van der Waals surface area contributed by atoms with Crippen molar-refractivity contribution in [1.82, 2.24) is 10.0 Å². The number of hydrogen-bond acceptors (Lipinski definition) is 7. The summed E-state index contributed by atoms with van der Waals surface area (Å²) in [7, 11) is -4.10. The second-order valence-corrected chi connectivity index (χ2v) is 11.7. The zero-order chi connectivity index (χ0) is 29.3. The molecule has 0 unspecified atom stereocenters. The van der Waals surface area contributed by atoms with Gasteiger partial charge in [0.15, 0.2) is 5.78 Å². The third-order valence-electron chi connectivity index (χ3n) is 7.05. The SMILES string of the molecule is Cc1ccc(S(=O)(=O)Oc2ccc(C(=O)CN(C(=O)c3ccccc3Cl)N3C(=O)[C@@H]4CC=CC[C@H]4C3=O)cc2)cc1. The lowest BCUT2D eigenvalue weighted by molar-refractivity contribution is -0.154. The standard InChI is InChI=1S/C30H25ClN2O7S/c1-19-10-16-22(17-11-19)41(38,39)40-21-14-12-20(13-15-21)27(34)18-32(28(35)25-8-4-5-9-26(25)31)33-29(36)23-6-2-3-7-24(23)30(33)37/h2-5,8-17,23-24H,6-7,18H2,1H3/t23-,24-/m1/s1. The van der Waals surface area contributed by atoms with E-state index in [0.717, 1.165) is 15.6 Å². The quantitative estimate of drug-likeness (QED) is 0.162. The maximum absolute atomic E-state index is 13.6. The Morgan fingerprint density at radius 1 is 0.902 bits per heavy atom. The molecule has 11 heteroatoms. The molecule has 1 saturated heterocycles. The number of rotatable bonds is 8. The van der Waals surface area contributed by atoms with Crippen LogP contribution in [0.4, 0.5) is 0 Å². The van der Waals surface area contributed by atoms with Crippen molar-refractivity contribution in [2.45, 2.75) is 24.7 Å². The molecule has 0 bridgehead atoms. The third-order valence-corrected chi connectivity index (χ3v) is 8.64. The monoisotopic (exact) mass is 592 g/mol. The third kappa shape index (κ3) is 5.66. The number of hydrogen-bond donors (Lipinski definition) is 0. The van der Waals surface area contributed by atoms with Crippen molar-refractivity contribution in [2.24, 2.45) is 11.8 Å². The van der Waals surface area contributed by atoms with Crippen LogP contribution in [0.3, 0.4) is 0 Å². The zero-order valence-electron chi connectivity index (χ0n) is 21.9. The summed E-state index contributed by atoms with van der Waals surface area (Å²) in [4.78, 5) is 53.6. The topological polar surface area (TPSA) is 118 Å². The normalized spacial score (nSPS) is 18.2. The molecule has 1 aliphatic heterocycles. The second kappa shape index (κ2) is 11.3. The number of benzene rings is 3. The lowest BCUT2D eigenvalue weighted by Crippen LogP contribution is -2.52. The summed E-state index contributed by atoms with van der Waals surface area (Å²) < 4.78 is 30.4. The predicted molar refractivity (Wildman–Crippen MR) is 149 cm³/mol. The van der Waals surface area contributed by atoms with Crippen molar-refractivity contribution < 1.29 is 31.8 Å². The van der Waals surface area contributed by atoms with Gasteiger partial charge in [0.05, 0.1) is 22.4 Å². The number of imide groups is 1. The molecule has 9 nitrogen and oxygen atoms in total. The van der Waals surface area contributed by atoms with Gasteiger partial charge in [0.25, 0.3) is 17.7 Å². The van der Waals surface area contributed by atoms with Crippen LogP contribution in [0.5, 0.6) is 5.75 Å². The maximum Gasteiger partial charge on any atom is 0.339 e. The van der Waals surface area contributed by atoms with E-state index in [1.54, 1.807) is 24.3 Å². The number of Topliss-reactive ketones (excluding diaryl/α,β-unsaturated/α-hetero) is 1. The van der Waals surface area contributed by atoms with E-state index in [1.807, 2.05) is 19.1 Å². The minimum Gasteiger partial charge on any atom is -0.379 e. The summed E-state index contributed by atoms with van der Waals surface area (Å²) in [5, 5.41) is 1.72. The van der Waals surface area contributed by atoms with Crippen molar-refractivity contribution in [1.29, 1.82) is 0 Å². The number of aryl methyl sites for hydroxylation is 1. The minimum absolute atomic E-state index is 0.0207. The first-order chi connectivity index (χ1) is 19.6. The number of allylic oxidation sites excluding steroid dienone is 2. The number of hydrazine groups is 1. The molecule has 41 heavy (non-hydrogen) atoms. The van der Waals surface area contributed by atoms with E-state index in [-0.39, 0.29) is 26.8 Å². The number of amides is 3. The molecule has 210 valence electrons. The largest absolute Gasteiger partial charge is 0.379 e.